The van der Waals surface area contributed by atoms with E-state index in [2.05, 4.69) is 89.2 Å². The summed E-state index contributed by atoms with van der Waals surface area (Å²) in [5, 5.41) is 4.58. The number of fused-ring (bicyclic) bond motifs is 2. The summed E-state index contributed by atoms with van der Waals surface area (Å²) in [5.74, 6) is 29.3. The van der Waals surface area contributed by atoms with Crippen molar-refractivity contribution in [2.24, 2.45) is 0 Å². The maximum Gasteiger partial charge on any atom is 0.273 e. The first-order valence-corrected chi connectivity index (χ1v) is 11.2. The third-order valence-electron chi connectivity index (χ3n) is 5.25. The topological polar surface area (TPSA) is 39.1 Å². The third kappa shape index (κ3) is 3.89. The van der Waals surface area contributed by atoms with E-state index in [9.17, 15) is 9.59 Å². The summed E-state index contributed by atoms with van der Waals surface area (Å²) in [6.45, 7) is 0. The minimum absolute atomic E-state index is 0.440. The van der Waals surface area contributed by atoms with E-state index in [0.717, 1.165) is 30.1 Å². The second-order valence-electron chi connectivity index (χ2n) is 7.20. The number of pyridine rings is 1. The zero-order chi connectivity index (χ0) is 24.9. The fourth-order valence-corrected chi connectivity index (χ4v) is 4.98. The van der Waals surface area contributed by atoms with E-state index in [4.69, 9.17) is 6.42 Å². The van der Waals surface area contributed by atoms with Crippen molar-refractivity contribution in [3.63, 3.8) is 0 Å². The molecule has 0 aliphatic heterocycles. The standard InChI is InChI=1S/C32H9NO2S/c1-2-3-4-5-6-7-8-9-10-11-12-15-22-33-31(34)25-19-18-24-23-16-13-14-17-27(23)36-28-21-20-26(32(33)35)29(25)30(24)28/h1,13-14,16-21H. The van der Waals surface area contributed by atoms with Gasteiger partial charge in [-0.2, -0.15) is 4.57 Å². The molecule has 0 fully saturated rings. The minimum atomic E-state index is -0.474. The Kier molecular flexibility index (Phi) is 5.87. The maximum atomic E-state index is 13.2. The Morgan fingerprint density at radius 2 is 1.11 bits per heavy atom. The lowest BCUT2D eigenvalue weighted by atomic mass is 9.98. The number of benzene rings is 3. The number of hydrogen-bond acceptors (Lipinski definition) is 3. The highest BCUT2D eigenvalue weighted by Gasteiger charge is 2.17. The fourth-order valence-electron chi connectivity index (χ4n) is 3.86. The molecule has 0 spiro atoms. The zero-order valence-electron chi connectivity index (χ0n) is 18.4. The van der Waals surface area contributed by atoms with Crippen LogP contribution in [0.25, 0.3) is 41.7 Å². The molecule has 3 aromatic carbocycles. The number of terminal acetylenes is 1. The first kappa shape index (κ1) is 22.0. The molecule has 0 atom stereocenters. The molecule has 5 rings (SSSR count). The molecule has 0 bridgehead atoms. The van der Waals surface area contributed by atoms with Gasteiger partial charge in [-0.1, -0.05) is 24.3 Å². The van der Waals surface area contributed by atoms with Crippen LogP contribution in [-0.4, -0.2) is 4.57 Å². The second kappa shape index (κ2) is 9.59. The molecular weight excluding hydrogens is 462 g/mol. The summed E-state index contributed by atoms with van der Waals surface area (Å²) in [6.07, 6.45) is 4.97. The lowest BCUT2D eigenvalue weighted by Crippen LogP contribution is -2.30. The quantitative estimate of drug-likeness (QED) is 0.196. The number of aromatic nitrogens is 1. The first-order valence-electron chi connectivity index (χ1n) is 10.4. The van der Waals surface area contributed by atoms with Crippen LogP contribution in [0, 0.1) is 83.5 Å². The average molecular weight is 471 g/mol. The highest BCUT2D eigenvalue weighted by molar-refractivity contribution is 7.25. The molecule has 5 aromatic rings. The van der Waals surface area contributed by atoms with E-state index in [1.54, 1.807) is 23.5 Å². The molecule has 0 aliphatic rings. The maximum absolute atomic E-state index is 13.2. The monoisotopic (exact) mass is 471 g/mol. The molecule has 2 heterocycles. The van der Waals surface area contributed by atoms with Gasteiger partial charge in [-0.05, 0) is 70.6 Å². The second-order valence-corrected chi connectivity index (χ2v) is 8.28. The van der Waals surface area contributed by atoms with Crippen LogP contribution in [0.5, 0.6) is 0 Å². The van der Waals surface area contributed by atoms with Crippen LogP contribution >= 0.6 is 11.3 Å². The van der Waals surface area contributed by atoms with Crippen molar-refractivity contribution in [1.82, 2.24) is 4.57 Å². The minimum Gasteiger partial charge on any atom is -0.267 e. The zero-order valence-corrected chi connectivity index (χ0v) is 19.2. The molecule has 0 saturated heterocycles. The first-order chi connectivity index (χ1) is 17.7. The molecule has 0 N–H and O–H groups in total. The van der Waals surface area contributed by atoms with Gasteiger partial charge >= 0.3 is 0 Å². The van der Waals surface area contributed by atoms with Gasteiger partial charge in [-0.25, -0.2) is 0 Å². The van der Waals surface area contributed by atoms with Crippen molar-refractivity contribution in [2.75, 3.05) is 0 Å². The fraction of sp³-hybridized carbons (Fsp3) is 0. The van der Waals surface area contributed by atoms with Crippen LogP contribution in [0.2, 0.25) is 0 Å². The Bertz CT molecular complexity index is 2260. The molecule has 4 heteroatoms. The van der Waals surface area contributed by atoms with Crippen molar-refractivity contribution in [1.29, 1.82) is 0 Å². The Morgan fingerprint density at radius 3 is 1.78 bits per heavy atom. The van der Waals surface area contributed by atoms with Crippen molar-refractivity contribution in [3.8, 4) is 83.5 Å². The predicted octanol–water partition coefficient (Wildman–Crippen LogP) is 3.78. The van der Waals surface area contributed by atoms with Gasteiger partial charge in [-0.3, -0.25) is 9.59 Å². The van der Waals surface area contributed by atoms with Crippen LogP contribution in [-0.2, 0) is 0 Å². The van der Waals surface area contributed by atoms with Gasteiger partial charge in [-0.15, -0.1) is 17.8 Å². The molecule has 2 aromatic heterocycles. The molecule has 0 saturated carbocycles. The molecule has 160 valence electrons. The van der Waals surface area contributed by atoms with Crippen LogP contribution in [0.1, 0.15) is 0 Å². The molecule has 0 aliphatic carbocycles. The van der Waals surface area contributed by atoms with E-state index in [1.165, 1.54) is 0 Å². The van der Waals surface area contributed by atoms with E-state index in [1.807, 2.05) is 24.3 Å². The summed E-state index contributed by atoms with van der Waals surface area (Å²) >= 11 is 1.64. The van der Waals surface area contributed by atoms with Crippen molar-refractivity contribution in [3.05, 3.63) is 69.2 Å². The Labute approximate surface area is 210 Å². The lowest BCUT2D eigenvalue weighted by Gasteiger charge is -2.12. The SMILES string of the molecule is C#CC#CC#CC#CC#CC#CC#Cn1c(=O)c2ccc3sc4ccccc4c4ccc(c1=O)c2c34. The number of rotatable bonds is 0. The van der Waals surface area contributed by atoms with E-state index in [0.29, 0.717) is 16.2 Å². The number of nitrogens with zero attached hydrogens (tertiary/aromatic N) is 1. The van der Waals surface area contributed by atoms with Gasteiger partial charge in [0.15, 0.2) is 0 Å². The molecular formula is C32H9NO2S. The van der Waals surface area contributed by atoms with Crippen molar-refractivity contribution < 1.29 is 0 Å². The smallest absolute Gasteiger partial charge is 0.267 e. The highest BCUT2D eigenvalue weighted by atomic mass is 32.1. The number of hydrogen-bond donors (Lipinski definition) is 0. The summed E-state index contributed by atoms with van der Waals surface area (Å²) in [6, 6.07) is 18.0. The van der Waals surface area contributed by atoms with Gasteiger partial charge in [0.1, 0.15) is 0 Å². The summed E-state index contributed by atoms with van der Waals surface area (Å²) in [7, 11) is 0. The van der Waals surface area contributed by atoms with Crippen molar-refractivity contribution >= 4 is 53.1 Å². The van der Waals surface area contributed by atoms with E-state index in [-0.39, 0.29) is 0 Å². The lowest BCUT2D eigenvalue weighted by molar-refractivity contribution is 1.02. The van der Waals surface area contributed by atoms with Gasteiger partial charge in [0, 0.05) is 72.5 Å². The Morgan fingerprint density at radius 1 is 0.556 bits per heavy atom. The van der Waals surface area contributed by atoms with Crippen LogP contribution in [0.15, 0.2) is 58.1 Å². The van der Waals surface area contributed by atoms with Gasteiger partial charge in [0.05, 0.1) is 0 Å². The molecule has 36 heavy (non-hydrogen) atoms. The Balaban J connectivity index is 1.57. The molecule has 0 unspecified atom stereocenters. The van der Waals surface area contributed by atoms with Crippen LogP contribution in [0.3, 0.4) is 0 Å². The summed E-state index contributed by atoms with van der Waals surface area (Å²) in [5.41, 5.74) is -0.948. The molecule has 0 radical (unpaired) electrons. The van der Waals surface area contributed by atoms with Crippen LogP contribution in [0.4, 0.5) is 0 Å². The average Bonchev–Trinajstić information content (AvgIpc) is 2.90. The van der Waals surface area contributed by atoms with Crippen LogP contribution < -0.4 is 11.1 Å². The van der Waals surface area contributed by atoms with Gasteiger partial charge in [0.25, 0.3) is 11.1 Å². The predicted molar refractivity (Wildman–Crippen MR) is 147 cm³/mol. The van der Waals surface area contributed by atoms with Gasteiger partial charge in [0.2, 0.25) is 0 Å². The normalized spacial score (nSPS) is 9.08. The van der Waals surface area contributed by atoms with E-state index >= 15 is 0 Å². The Hall–Kier alpha value is -5.80. The molecule has 3 nitrogen and oxygen atoms in total. The largest absolute Gasteiger partial charge is 0.273 e. The van der Waals surface area contributed by atoms with Gasteiger partial charge < -0.3 is 0 Å². The summed E-state index contributed by atoms with van der Waals surface area (Å²) in [4.78, 5) is 26.4. The highest BCUT2D eigenvalue weighted by Crippen LogP contribution is 2.39. The third-order valence-corrected chi connectivity index (χ3v) is 6.39. The van der Waals surface area contributed by atoms with E-state index < -0.39 is 11.1 Å². The molecule has 0 amide bonds. The van der Waals surface area contributed by atoms with Crippen molar-refractivity contribution in [2.45, 2.75) is 0 Å². The summed E-state index contributed by atoms with van der Waals surface area (Å²) < 4.78 is 3.06.